The van der Waals surface area contributed by atoms with Crippen molar-refractivity contribution >= 4 is 22.2 Å². The highest BCUT2D eigenvalue weighted by molar-refractivity contribution is 9.10. The summed E-state index contributed by atoms with van der Waals surface area (Å²) >= 11 is 3.61. The molecule has 1 aliphatic rings. The van der Waals surface area contributed by atoms with Gasteiger partial charge in [0.05, 0.1) is 0 Å². The van der Waals surface area contributed by atoms with Crippen LogP contribution in [0.5, 0.6) is 0 Å². The molecule has 1 aromatic carbocycles. The van der Waals surface area contributed by atoms with Crippen LogP contribution in [0.2, 0.25) is 0 Å². The molecule has 2 heteroatoms. The van der Waals surface area contributed by atoms with Crippen LogP contribution in [-0.4, -0.2) is 6.29 Å². The van der Waals surface area contributed by atoms with E-state index in [1.165, 1.54) is 15.6 Å². The Morgan fingerprint density at radius 3 is 2.88 bits per heavy atom. The van der Waals surface area contributed by atoms with E-state index < -0.39 is 0 Å². The maximum Gasteiger partial charge on any atom is 0.125 e. The van der Waals surface area contributed by atoms with E-state index in [4.69, 9.17) is 0 Å². The van der Waals surface area contributed by atoms with Crippen molar-refractivity contribution in [3.63, 3.8) is 0 Å². The predicted molar refractivity (Wildman–Crippen MR) is 69.5 cm³/mol. The highest BCUT2D eigenvalue weighted by Gasteiger charge is 2.32. The van der Waals surface area contributed by atoms with Gasteiger partial charge in [0.1, 0.15) is 6.29 Å². The Morgan fingerprint density at radius 2 is 2.19 bits per heavy atom. The lowest BCUT2D eigenvalue weighted by molar-refractivity contribution is -0.117. The Labute approximate surface area is 105 Å². The zero-order valence-electron chi connectivity index (χ0n) is 9.79. The molecule has 0 saturated heterocycles. The van der Waals surface area contributed by atoms with Crippen LogP contribution in [-0.2, 0) is 17.6 Å². The van der Waals surface area contributed by atoms with Crippen LogP contribution in [0.3, 0.4) is 0 Å². The summed E-state index contributed by atoms with van der Waals surface area (Å²) in [6.45, 7) is 4.10. The summed E-state index contributed by atoms with van der Waals surface area (Å²) in [4.78, 5) is 11.1. The molecule has 1 unspecified atom stereocenters. The summed E-state index contributed by atoms with van der Waals surface area (Å²) in [7, 11) is 0. The molecule has 0 amide bonds. The number of hydrogen-bond acceptors (Lipinski definition) is 1. The first kappa shape index (κ1) is 11.8. The first-order valence-electron chi connectivity index (χ1n) is 5.77. The minimum atomic E-state index is -0.201. The molecular weight excluding hydrogens is 264 g/mol. The summed E-state index contributed by atoms with van der Waals surface area (Å²) in [5, 5.41) is 0. The van der Waals surface area contributed by atoms with E-state index in [9.17, 15) is 4.79 Å². The fraction of sp³-hybridized carbons (Fsp3) is 0.500. The van der Waals surface area contributed by atoms with Crippen molar-refractivity contribution in [2.24, 2.45) is 11.3 Å². The minimum Gasteiger partial charge on any atom is -0.303 e. The molecule has 1 atom stereocenters. The molecule has 0 bridgehead atoms. The maximum absolute atomic E-state index is 11.1. The summed E-state index contributed by atoms with van der Waals surface area (Å²) < 4.78 is 1.19. The molecular formula is C14H17BrO. The number of halogens is 1. The van der Waals surface area contributed by atoms with Crippen LogP contribution >= 0.6 is 15.9 Å². The Balaban J connectivity index is 2.30. The molecule has 1 aromatic rings. The van der Waals surface area contributed by atoms with Gasteiger partial charge in [-0.05, 0) is 42.4 Å². The van der Waals surface area contributed by atoms with Gasteiger partial charge in [0.25, 0.3) is 0 Å². The number of benzene rings is 1. The van der Waals surface area contributed by atoms with Crippen molar-refractivity contribution in [2.45, 2.75) is 33.1 Å². The SMILES string of the molecule is CC(C)(C=O)C1CCc2cccc(Br)c2C1. The van der Waals surface area contributed by atoms with Crippen LogP contribution < -0.4 is 0 Å². The maximum atomic E-state index is 11.1. The molecule has 86 valence electrons. The van der Waals surface area contributed by atoms with Gasteiger partial charge < -0.3 is 4.79 Å². The summed E-state index contributed by atoms with van der Waals surface area (Å²) in [5.74, 6) is 0.469. The van der Waals surface area contributed by atoms with Crippen molar-refractivity contribution in [1.82, 2.24) is 0 Å². The fourth-order valence-electron chi connectivity index (χ4n) is 2.48. The van der Waals surface area contributed by atoms with Crippen molar-refractivity contribution in [3.8, 4) is 0 Å². The molecule has 2 rings (SSSR count). The molecule has 0 fully saturated rings. The van der Waals surface area contributed by atoms with Crippen molar-refractivity contribution in [3.05, 3.63) is 33.8 Å². The zero-order valence-corrected chi connectivity index (χ0v) is 11.4. The quantitative estimate of drug-likeness (QED) is 0.754. The van der Waals surface area contributed by atoms with Crippen LogP contribution in [0.15, 0.2) is 22.7 Å². The Morgan fingerprint density at radius 1 is 1.44 bits per heavy atom. The first-order chi connectivity index (χ1) is 7.54. The molecule has 0 heterocycles. The smallest absolute Gasteiger partial charge is 0.125 e. The monoisotopic (exact) mass is 280 g/mol. The van der Waals surface area contributed by atoms with Gasteiger partial charge in [0.15, 0.2) is 0 Å². The lowest BCUT2D eigenvalue weighted by Crippen LogP contribution is -2.30. The lowest BCUT2D eigenvalue weighted by atomic mass is 9.70. The first-order valence-corrected chi connectivity index (χ1v) is 6.56. The van der Waals surface area contributed by atoms with E-state index in [0.717, 1.165) is 25.5 Å². The second-order valence-corrected chi connectivity index (χ2v) is 6.11. The van der Waals surface area contributed by atoms with Gasteiger partial charge in [-0.3, -0.25) is 0 Å². The van der Waals surface area contributed by atoms with Gasteiger partial charge in [-0.2, -0.15) is 0 Å². The second-order valence-electron chi connectivity index (χ2n) is 5.26. The fourth-order valence-corrected chi connectivity index (χ4v) is 3.04. The van der Waals surface area contributed by atoms with Crippen LogP contribution in [0.25, 0.3) is 0 Å². The number of carbonyl (C=O) groups excluding carboxylic acids is 1. The van der Waals surface area contributed by atoms with E-state index in [1.807, 2.05) is 13.8 Å². The third kappa shape index (κ3) is 2.08. The van der Waals surface area contributed by atoms with Crippen LogP contribution in [0.4, 0.5) is 0 Å². The molecule has 1 nitrogen and oxygen atoms in total. The number of rotatable bonds is 2. The predicted octanol–water partition coefficient (Wildman–Crippen LogP) is 3.78. The normalized spacial score (nSPS) is 20.3. The number of aryl methyl sites for hydroxylation is 1. The van der Waals surface area contributed by atoms with Gasteiger partial charge in [0, 0.05) is 9.89 Å². The Hall–Kier alpha value is -0.630. The molecule has 0 N–H and O–H groups in total. The highest BCUT2D eigenvalue weighted by atomic mass is 79.9. The Kier molecular flexibility index (Phi) is 3.20. The largest absolute Gasteiger partial charge is 0.303 e. The van der Waals surface area contributed by atoms with Crippen LogP contribution in [0, 0.1) is 11.3 Å². The number of hydrogen-bond donors (Lipinski definition) is 0. The Bertz CT molecular complexity index is 409. The lowest BCUT2D eigenvalue weighted by Gasteiger charge is -2.34. The van der Waals surface area contributed by atoms with Crippen molar-refractivity contribution in [2.75, 3.05) is 0 Å². The second kappa shape index (κ2) is 4.33. The number of carbonyl (C=O) groups is 1. The summed E-state index contributed by atoms with van der Waals surface area (Å²) in [6.07, 6.45) is 4.34. The van der Waals surface area contributed by atoms with Gasteiger partial charge in [-0.25, -0.2) is 0 Å². The van der Waals surface area contributed by atoms with Crippen molar-refractivity contribution in [1.29, 1.82) is 0 Å². The molecule has 0 radical (unpaired) electrons. The van der Waals surface area contributed by atoms with E-state index in [1.54, 1.807) is 0 Å². The molecule has 1 aliphatic carbocycles. The molecule has 0 saturated carbocycles. The van der Waals surface area contributed by atoms with Gasteiger partial charge in [-0.1, -0.05) is 41.9 Å². The summed E-state index contributed by atoms with van der Waals surface area (Å²) in [6, 6.07) is 6.38. The zero-order chi connectivity index (χ0) is 11.8. The third-order valence-electron chi connectivity index (χ3n) is 3.78. The average Bonchev–Trinajstić information content (AvgIpc) is 2.29. The number of fused-ring (bicyclic) bond motifs is 1. The average molecular weight is 281 g/mol. The van der Waals surface area contributed by atoms with Gasteiger partial charge in [0.2, 0.25) is 0 Å². The van der Waals surface area contributed by atoms with Crippen LogP contribution in [0.1, 0.15) is 31.4 Å². The van der Waals surface area contributed by atoms with Crippen molar-refractivity contribution < 1.29 is 4.79 Å². The van der Waals surface area contributed by atoms with Gasteiger partial charge in [-0.15, -0.1) is 0 Å². The van der Waals surface area contributed by atoms with E-state index in [0.29, 0.717) is 5.92 Å². The van der Waals surface area contributed by atoms with Gasteiger partial charge >= 0.3 is 0 Å². The molecule has 0 aliphatic heterocycles. The minimum absolute atomic E-state index is 0.201. The molecule has 16 heavy (non-hydrogen) atoms. The summed E-state index contributed by atoms with van der Waals surface area (Å²) in [5.41, 5.74) is 2.63. The number of aldehydes is 1. The molecule has 0 aromatic heterocycles. The standard InChI is InChI=1S/C14H17BrO/c1-14(2,9-16)11-7-6-10-4-3-5-13(15)12(10)8-11/h3-5,9,11H,6-8H2,1-2H3. The van der Waals surface area contributed by atoms with E-state index in [2.05, 4.69) is 34.1 Å². The van der Waals surface area contributed by atoms with E-state index in [-0.39, 0.29) is 5.41 Å². The highest BCUT2D eigenvalue weighted by Crippen LogP contribution is 2.38. The third-order valence-corrected chi connectivity index (χ3v) is 4.53. The topological polar surface area (TPSA) is 17.1 Å². The molecule has 0 spiro atoms. The van der Waals surface area contributed by atoms with E-state index >= 15 is 0 Å².